The summed E-state index contributed by atoms with van der Waals surface area (Å²) in [5, 5.41) is 0. The van der Waals surface area contributed by atoms with Crippen LogP contribution < -0.4 is 5.56 Å². The molecule has 0 bridgehead atoms. The second-order valence-electron chi connectivity index (χ2n) is 6.49. The molecule has 2 fully saturated rings. The molecule has 1 saturated heterocycles. The van der Waals surface area contributed by atoms with Crippen molar-refractivity contribution in [2.45, 2.75) is 31.8 Å². The van der Waals surface area contributed by atoms with Crippen LogP contribution in [0.15, 0.2) is 23.3 Å². The maximum Gasteiger partial charge on any atom is 0.257 e. The van der Waals surface area contributed by atoms with Gasteiger partial charge in [-0.1, -0.05) is 0 Å². The zero-order chi connectivity index (χ0) is 17.4. The molecule has 4 rings (SSSR count). The van der Waals surface area contributed by atoms with E-state index >= 15 is 0 Å². The maximum absolute atomic E-state index is 12.7. The van der Waals surface area contributed by atoms with Crippen LogP contribution in [0.25, 0.3) is 0 Å². The van der Waals surface area contributed by atoms with Gasteiger partial charge in [-0.15, -0.1) is 0 Å². The Morgan fingerprint density at radius 2 is 2.08 bits per heavy atom. The minimum Gasteiger partial charge on any atom is -0.367 e. The molecule has 1 atom stereocenters. The van der Waals surface area contributed by atoms with E-state index < -0.39 is 6.10 Å². The molecular formula is C17H19N5O3. The van der Waals surface area contributed by atoms with Crippen LogP contribution in [0.1, 0.15) is 52.6 Å². The number of hydrogen-bond donors (Lipinski definition) is 1. The van der Waals surface area contributed by atoms with Gasteiger partial charge in [-0.05, 0) is 19.8 Å². The number of carbonyl (C=O) groups is 1. The van der Waals surface area contributed by atoms with E-state index in [-0.39, 0.29) is 11.5 Å². The monoisotopic (exact) mass is 341 g/mol. The molecule has 0 aromatic carbocycles. The van der Waals surface area contributed by atoms with Gasteiger partial charge in [-0.25, -0.2) is 15.0 Å². The van der Waals surface area contributed by atoms with Crippen molar-refractivity contribution in [3.63, 3.8) is 0 Å². The second-order valence-corrected chi connectivity index (χ2v) is 6.49. The van der Waals surface area contributed by atoms with Crippen LogP contribution in [0, 0.1) is 6.92 Å². The lowest BCUT2D eigenvalue weighted by Gasteiger charge is -2.32. The molecule has 1 aliphatic carbocycles. The summed E-state index contributed by atoms with van der Waals surface area (Å²) in [5.74, 6) is 1.59. The average Bonchev–Trinajstić information content (AvgIpc) is 3.46. The van der Waals surface area contributed by atoms with Crippen molar-refractivity contribution in [1.29, 1.82) is 0 Å². The summed E-state index contributed by atoms with van der Waals surface area (Å²) < 4.78 is 5.69. The van der Waals surface area contributed by atoms with Crippen molar-refractivity contribution < 1.29 is 9.53 Å². The van der Waals surface area contributed by atoms with Gasteiger partial charge in [-0.3, -0.25) is 9.59 Å². The fourth-order valence-electron chi connectivity index (χ4n) is 2.94. The lowest BCUT2D eigenvalue weighted by atomic mass is 10.2. The third-order valence-corrected chi connectivity index (χ3v) is 4.41. The first-order chi connectivity index (χ1) is 12.1. The molecule has 2 aliphatic rings. The molecule has 2 aromatic heterocycles. The number of rotatable bonds is 3. The highest BCUT2D eigenvalue weighted by Gasteiger charge is 2.29. The van der Waals surface area contributed by atoms with Crippen molar-refractivity contribution in [3.8, 4) is 0 Å². The highest BCUT2D eigenvalue weighted by molar-refractivity contribution is 5.93. The van der Waals surface area contributed by atoms with Gasteiger partial charge in [0.15, 0.2) is 0 Å². The number of H-pyrrole nitrogens is 1. The van der Waals surface area contributed by atoms with E-state index in [1.54, 1.807) is 24.2 Å². The van der Waals surface area contributed by atoms with Crippen LogP contribution in [-0.4, -0.2) is 50.4 Å². The number of morpholine rings is 1. The van der Waals surface area contributed by atoms with Gasteiger partial charge in [0.1, 0.15) is 17.8 Å². The van der Waals surface area contributed by atoms with Gasteiger partial charge in [0.25, 0.3) is 11.5 Å². The molecule has 1 amide bonds. The molecule has 0 spiro atoms. The lowest BCUT2D eigenvalue weighted by Crippen LogP contribution is -2.43. The summed E-state index contributed by atoms with van der Waals surface area (Å²) in [6.07, 6.45) is 5.00. The van der Waals surface area contributed by atoms with Crippen molar-refractivity contribution in [2.75, 3.05) is 19.7 Å². The smallest absolute Gasteiger partial charge is 0.257 e. The van der Waals surface area contributed by atoms with Crippen molar-refractivity contribution in [2.24, 2.45) is 0 Å². The Morgan fingerprint density at radius 3 is 2.76 bits per heavy atom. The highest BCUT2D eigenvalue weighted by Crippen LogP contribution is 2.37. The van der Waals surface area contributed by atoms with Crippen LogP contribution in [0.4, 0.5) is 0 Å². The van der Waals surface area contributed by atoms with Crippen molar-refractivity contribution in [1.82, 2.24) is 24.8 Å². The molecule has 1 aliphatic heterocycles. The van der Waals surface area contributed by atoms with E-state index in [0.717, 1.165) is 18.7 Å². The van der Waals surface area contributed by atoms with Crippen molar-refractivity contribution in [3.05, 3.63) is 51.7 Å². The SMILES string of the molecule is Cc1cc(=O)[nH]c([C@@H]2CN(C(=O)c3cnc(C4CC4)nc3)CCO2)n1. The largest absolute Gasteiger partial charge is 0.367 e. The summed E-state index contributed by atoms with van der Waals surface area (Å²) in [6, 6.07) is 1.42. The summed E-state index contributed by atoms with van der Waals surface area (Å²) in [4.78, 5) is 41.6. The number of hydrogen-bond acceptors (Lipinski definition) is 6. The molecule has 25 heavy (non-hydrogen) atoms. The van der Waals surface area contributed by atoms with E-state index in [1.165, 1.54) is 6.07 Å². The van der Waals surface area contributed by atoms with Gasteiger partial charge in [-0.2, -0.15) is 0 Å². The summed E-state index contributed by atoms with van der Waals surface area (Å²) >= 11 is 0. The topological polar surface area (TPSA) is 101 Å². The quantitative estimate of drug-likeness (QED) is 0.892. The standard InChI is InChI=1S/C17H19N5O3/c1-10-6-14(23)21-16(20-10)13-9-22(4-5-25-13)17(24)12-7-18-15(19-8-12)11-2-3-11/h6-8,11,13H,2-5,9H2,1H3,(H,20,21,23)/t13-/m0/s1. The Hall–Kier alpha value is -2.61. The molecule has 2 aromatic rings. The fraction of sp³-hybridized carbons (Fsp3) is 0.471. The molecule has 130 valence electrons. The lowest BCUT2D eigenvalue weighted by molar-refractivity contribution is -0.0270. The Kier molecular flexibility index (Phi) is 4.04. The summed E-state index contributed by atoms with van der Waals surface area (Å²) in [6.45, 7) is 2.95. The zero-order valence-electron chi connectivity index (χ0n) is 13.9. The molecule has 3 heterocycles. The molecule has 0 unspecified atom stereocenters. The van der Waals surface area contributed by atoms with Gasteiger partial charge in [0.05, 0.1) is 18.7 Å². The first-order valence-electron chi connectivity index (χ1n) is 8.41. The van der Waals surface area contributed by atoms with Crippen LogP contribution in [0.5, 0.6) is 0 Å². The maximum atomic E-state index is 12.7. The number of carbonyl (C=O) groups excluding carboxylic acids is 1. The Balaban J connectivity index is 1.49. The van der Waals surface area contributed by atoms with Crippen LogP contribution >= 0.6 is 0 Å². The number of ether oxygens (including phenoxy) is 1. The minimum absolute atomic E-state index is 0.134. The van der Waals surface area contributed by atoms with Crippen LogP contribution in [-0.2, 0) is 4.74 Å². The number of nitrogens with one attached hydrogen (secondary N) is 1. The Labute approximate surface area is 144 Å². The molecule has 8 nitrogen and oxygen atoms in total. The first-order valence-corrected chi connectivity index (χ1v) is 8.41. The third kappa shape index (κ3) is 3.43. The van der Waals surface area contributed by atoms with Gasteiger partial charge >= 0.3 is 0 Å². The predicted molar refractivity (Wildman–Crippen MR) is 88.2 cm³/mol. The second kappa shape index (κ2) is 6.36. The number of amides is 1. The first kappa shape index (κ1) is 15.9. The fourth-order valence-corrected chi connectivity index (χ4v) is 2.94. The van der Waals surface area contributed by atoms with E-state index in [9.17, 15) is 9.59 Å². The van der Waals surface area contributed by atoms with E-state index in [2.05, 4.69) is 19.9 Å². The number of aryl methyl sites for hydroxylation is 1. The molecule has 1 saturated carbocycles. The van der Waals surface area contributed by atoms with Gasteiger partial charge < -0.3 is 14.6 Å². The molecule has 1 N–H and O–H groups in total. The van der Waals surface area contributed by atoms with E-state index in [1.807, 2.05) is 0 Å². The Bertz CT molecular complexity index is 844. The van der Waals surface area contributed by atoms with Gasteiger partial charge in [0, 0.05) is 36.6 Å². The van der Waals surface area contributed by atoms with Crippen LogP contribution in [0.2, 0.25) is 0 Å². The van der Waals surface area contributed by atoms with E-state index in [0.29, 0.717) is 42.7 Å². The predicted octanol–water partition coefficient (Wildman–Crippen LogP) is 0.959. The number of aromatic amines is 1. The van der Waals surface area contributed by atoms with E-state index in [4.69, 9.17) is 4.74 Å². The third-order valence-electron chi connectivity index (χ3n) is 4.41. The average molecular weight is 341 g/mol. The normalized spacial score (nSPS) is 20.5. The molecule has 0 radical (unpaired) electrons. The van der Waals surface area contributed by atoms with Crippen molar-refractivity contribution >= 4 is 5.91 Å². The van der Waals surface area contributed by atoms with Crippen LogP contribution in [0.3, 0.4) is 0 Å². The number of nitrogens with zero attached hydrogens (tertiary/aromatic N) is 4. The Morgan fingerprint density at radius 1 is 1.32 bits per heavy atom. The molecular weight excluding hydrogens is 322 g/mol. The summed E-state index contributed by atoms with van der Waals surface area (Å²) in [5.41, 5.74) is 0.865. The number of aromatic nitrogens is 4. The highest BCUT2D eigenvalue weighted by atomic mass is 16.5. The zero-order valence-corrected chi connectivity index (χ0v) is 13.9. The summed E-state index contributed by atoms with van der Waals surface area (Å²) in [7, 11) is 0. The minimum atomic E-state index is -0.447. The molecule has 8 heteroatoms. The van der Waals surface area contributed by atoms with Gasteiger partial charge in [0.2, 0.25) is 0 Å².